The normalized spacial score (nSPS) is 11.9. The van der Waals surface area contributed by atoms with Gasteiger partial charge < -0.3 is 15.0 Å². The summed E-state index contributed by atoms with van der Waals surface area (Å²) in [5.41, 5.74) is 2.45. The van der Waals surface area contributed by atoms with E-state index in [2.05, 4.69) is 50.1 Å². The number of hydrogen-bond donors (Lipinski definition) is 1. The van der Waals surface area contributed by atoms with Crippen LogP contribution in [0.15, 0.2) is 0 Å². The van der Waals surface area contributed by atoms with Crippen LogP contribution in [0.2, 0.25) is 0 Å². The number of nitrogens with zero attached hydrogens (tertiary/aromatic N) is 3. The molecule has 0 fully saturated rings. The van der Waals surface area contributed by atoms with E-state index >= 15 is 0 Å². The fraction of sp³-hybridized carbons (Fsp3) is 0.800. The topological polar surface area (TPSA) is 42.3 Å². The van der Waals surface area contributed by atoms with Crippen LogP contribution in [-0.4, -0.2) is 42.1 Å². The number of rotatable bonds is 7. The average molecular weight is 282 g/mol. The maximum Gasteiger partial charge on any atom is 0.131 e. The van der Waals surface area contributed by atoms with Gasteiger partial charge in [0.2, 0.25) is 0 Å². The lowest BCUT2D eigenvalue weighted by Crippen LogP contribution is -2.36. The molecular formula is C15H30N4O. The van der Waals surface area contributed by atoms with Gasteiger partial charge in [0, 0.05) is 44.9 Å². The van der Waals surface area contributed by atoms with E-state index in [1.807, 2.05) is 18.7 Å². The molecule has 0 aliphatic heterocycles. The van der Waals surface area contributed by atoms with Crippen molar-refractivity contribution in [3.63, 3.8) is 0 Å². The van der Waals surface area contributed by atoms with Gasteiger partial charge in [-0.25, -0.2) is 0 Å². The van der Waals surface area contributed by atoms with Crippen LogP contribution in [0.25, 0.3) is 0 Å². The predicted octanol–water partition coefficient (Wildman–Crippen LogP) is 2.09. The summed E-state index contributed by atoms with van der Waals surface area (Å²) in [7, 11) is 4.09. The van der Waals surface area contributed by atoms with Crippen LogP contribution in [0.4, 0.5) is 5.82 Å². The van der Waals surface area contributed by atoms with Crippen LogP contribution in [0.1, 0.15) is 39.0 Å². The van der Waals surface area contributed by atoms with Gasteiger partial charge in [-0.05, 0) is 34.6 Å². The Hall–Kier alpha value is -1.07. The van der Waals surface area contributed by atoms with Crippen molar-refractivity contribution in [1.82, 2.24) is 15.1 Å². The number of anilines is 1. The largest absolute Gasteiger partial charge is 0.380 e. The number of aromatic nitrogens is 2. The second kappa shape index (κ2) is 7.09. The summed E-state index contributed by atoms with van der Waals surface area (Å²) >= 11 is 0. The maximum atomic E-state index is 5.44. The van der Waals surface area contributed by atoms with Crippen molar-refractivity contribution in [2.24, 2.45) is 7.05 Å². The molecule has 0 radical (unpaired) electrons. The third kappa shape index (κ3) is 4.80. The Morgan fingerprint density at radius 1 is 1.35 bits per heavy atom. The fourth-order valence-electron chi connectivity index (χ4n) is 2.18. The Balaban J connectivity index is 2.83. The molecule has 0 atom stereocenters. The first kappa shape index (κ1) is 17.0. The van der Waals surface area contributed by atoms with Crippen LogP contribution in [0.5, 0.6) is 0 Å². The van der Waals surface area contributed by atoms with Crippen LogP contribution >= 0.6 is 0 Å². The summed E-state index contributed by atoms with van der Waals surface area (Å²) in [6.45, 7) is 13.8. The SMILES string of the molecule is CCOCCN(C)c1c(CNC(C)(C)C)c(C)nn1C. The molecule has 0 aromatic carbocycles. The van der Waals surface area contributed by atoms with Gasteiger partial charge in [0.05, 0.1) is 12.3 Å². The van der Waals surface area contributed by atoms with Crippen molar-refractivity contribution < 1.29 is 4.74 Å². The molecule has 0 saturated carbocycles. The van der Waals surface area contributed by atoms with Crippen molar-refractivity contribution in [2.75, 3.05) is 31.7 Å². The molecule has 1 N–H and O–H groups in total. The molecule has 1 aromatic rings. The second-order valence-corrected chi connectivity index (χ2v) is 6.23. The Morgan fingerprint density at radius 3 is 2.55 bits per heavy atom. The number of likely N-dealkylation sites (N-methyl/N-ethyl adjacent to an activating group) is 1. The van der Waals surface area contributed by atoms with Gasteiger partial charge in [0.1, 0.15) is 5.82 Å². The predicted molar refractivity (Wildman–Crippen MR) is 84.3 cm³/mol. The molecular weight excluding hydrogens is 252 g/mol. The molecule has 1 rings (SSSR count). The van der Waals surface area contributed by atoms with Gasteiger partial charge >= 0.3 is 0 Å². The van der Waals surface area contributed by atoms with Crippen molar-refractivity contribution in [2.45, 2.75) is 46.7 Å². The van der Waals surface area contributed by atoms with Crippen LogP contribution < -0.4 is 10.2 Å². The monoisotopic (exact) mass is 282 g/mol. The second-order valence-electron chi connectivity index (χ2n) is 6.23. The van der Waals surface area contributed by atoms with Crippen molar-refractivity contribution in [1.29, 1.82) is 0 Å². The van der Waals surface area contributed by atoms with Gasteiger partial charge in [0.15, 0.2) is 0 Å². The van der Waals surface area contributed by atoms with Gasteiger partial charge in [-0.1, -0.05) is 0 Å². The van der Waals surface area contributed by atoms with Crippen molar-refractivity contribution in [3.05, 3.63) is 11.3 Å². The highest BCUT2D eigenvalue weighted by molar-refractivity contribution is 5.49. The summed E-state index contributed by atoms with van der Waals surface area (Å²) in [5.74, 6) is 1.17. The minimum atomic E-state index is 0.101. The highest BCUT2D eigenvalue weighted by atomic mass is 16.5. The first-order chi connectivity index (χ1) is 9.26. The Kier molecular flexibility index (Phi) is 6.02. The summed E-state index contributed by atoms with van der Waals surface area (Å²) in [6.07, 6.45) is 0. The summed E-state index contributed by atoms with van der Waals surface area (Å²) in [5, 5.41) is 8.10. The number of ether oxygens (including phenoxy) is 1. The molecule has 116 valence electrons. The average Bonchev–Trinajstić information content (AvgIpc) is 2.60. The van der Waals surface area contributed by atoms with E-state index in [0.717, 1.165) is 32.0 Å². The van der Waals surface area contributed by atoms with Crippen LogP contribution in [-0.2, 0) is 18.3 Å². The van der Waals surface area contributed by atoms with Gasteiger partial charge in [-0.3, -0.25) is 4.68 Å². The van der Waals surface area contributed by atoms with E-state index in [1.54, 1.807) is 0 Å². The Bertz CT molecular complexity index is 420. The fourth-order valence-corrected chi connectivity index (χ4v) is 2.18. The first-order valence-electron chi connectivity index (χ1n) is 7.32. The van der Waals surface area contributed by atoms with E-state index in [-0.39, 0.29) is 5.54 Å². The van der Waals surface area contributed by atoms with Crippen LogP contribution in [0, 0.1) is 6.92 Å². The molecule has 1 aromatic heterocycles. The highest BCUT2D eigenvalue weighted by Gasteiger charge is 2.18. The number of hydrogen-bond acceptors (Lipinski definition) is 4. The number of aryl methyl sites for hydroxylation is 2. The highest BCUT2D eigenvalue weighted by Crippen LogP contribution is 2.22. The van der Waals surface area contributed by atoms with E-state index in [0.29, 0.717) is 0 Å². The lowest BCUT2D eigenvalue weighted by atomic mass is 10.1. The molecule has 0 saturated heterocycles. The molecule has 0 amide bonds. The third-order valence-corrected chi connectivity index (χ3v) is 3.25. The molecule has 0 aliphatic carbocycles. The molecule has 0 spiro atoms. The molecule has 0 unspecified atom stereocenters. The quantitative estimate of drug-likeness (QED) is 0.778. The standard InChI is InChI=1S/C15H30N4O/c1-8-20-10-9-18(6)14-13(11-16-15(3,4)5)12(2)17-19(14)7/h16H,8-11H2,1-7H3. The number of nitrogens with one attached hydrogen (secondary N) is 1. The van der Waals surface area contributed by atoms with Gasteiger partial charge in [-0.15, -0.1) is 0 Å². The lowest BCUT2D eigenvalue weighted by Gasteiger charge is -2.24. The van der Waals surface area contributed by atoms with E-state index in [4.69, 9.17) is 4.74 Å². The lowest BCUT2D eigenvalue weighted by molar-refractivity contribution is 0.154. The first-order valence-corrected chi connectivity index (χ1v) is 7.32. The van der Waals surface area contributed by atoms with Crippen molar-refractivity contribution in [3.8, 4) is 0 Å². The van der Waals surface area contributed by atoms with E-state index in [9.17, 15) is 0 Å². The zero-order chi connectivity index (χ0) is 15.3. The van der Waals surface area contributed by atoms with E-state index < -0.39 is 0 Å². The minimum Gasteiger partial charge on any atom is -0.380 e. The van der Waals surface area contributed by atoms with Gasteiger partial charge in [-0.2, -0.15) is 5.10 Å². The Labute approximate surface area is 123 Å². The molecule has 5 heteroatoms. The summed E-state index contributed by atoms with van der Waals surface area (Å²) in [4.78, 5) is 2.22. The molecule has 20 heavy (non-hydrogen) atoms. The smallest absolute Gasteiger partial charge is 0.131 e. The molecule has 1 heterocycles. The van der Waals surface area contributed by atoms with Crippen molar-refractivity contribution >= 4 is 5.82 Å². The molecule has 0 aliphatic rings. The summed E-state index contributed by atoms with van der Waals surface area (Å²) < 4.78 is 7.40. The zero-order valence-electron chi connectivity index (χ0n) is 14.1. The van der Waals surface area contributed by atoms with Crippen LogP contribution in [0.3, 0.4) is 0 Å². The van der Waals surface area contributed by atoms with Gasteiger partial charge in [0.25, 0.3) is 0 Å². The molecule has 0 bridgehead atoms. The Morgan fingerprint density at radius 2 is 2.00 bits per heavy atom. The minimum absolute atomic E-state index is 0.101. The van der Waals surface area contributed by atoms with E-state index in [1.165, 1.54) is 11.4 Å². The summed E-state index contributed by atoms with van der Waals surface area (Å²) in [6, 6.07) is 0. The zero-order valence-corrected chi connectivity index (χ0v) is 14.1. The maximum absolute atomic E-state index is 5.44. The molecule has 5 nitrogen and oxygen atoms in total. The third-order valence-electron chi connectivity index (χ3n) is 3.25.